The van der Waals surface area contributed by atoms with Gasteiger partial charge in [0.25, 0.3) is 0 Å². The third-order valence-electron chi connectivity index (χ3n) is 4.06. The van der Waals surface area contributed by atoms with Gasteiger partial charge in [0.05, 0.1) is 0 Å². The van der Waals surface area contributed by atoms with Crippen molar-refractivity contribution in [1.82, 2.24) is 4.90 Å². The zero-order chi connectivity index (χ0) is 13.0. The van der Waals surface area contributed by atoms with E-state index >= 15 is 0 Å². The minimum Gasteiger partial charge on any atom is -0.329 e. The lowest BCUT2D eigenvalue weighted by molar-refractivity contribution is 0.124. The lowest BCUT2D eigenvalue weighted by Gasteiger charge is -2.38. The normalized spacial score (nSPS) is 22.9. The van der Waals surface area contributed by atoms with E-state index in [0.717, 1.165) is 24.0 Å². The van der Waals surface area contributed by atoms with Crippen molar-refractivity contribution in [2.45, 2.75) is 32.2 Å². The van der Waals surface area contributed by atoms with Crippen LogP contribution in [0.2, 0.25) is 5.02 Å². The Morgan fingerprint density at radius 3 is 2.89 bits per heavy atom. The molecular formula is C15H23ClN2. The van der Waals surface area contributed by atoms with Crippen LogP contribution in [0.15, 0.2) is 24.3 Å². The molecule has 2 N–H and O–H groups in total. The van der Waals surface area contributed by atoms with Crippen LogP contribution in [0.3, 0.4) is 0 Å². The van der Waals surface area contributed by atoms with E-state index in [1.54, 1.807) is 0 Å². The summed E-state index contributed by atoms with van der Waals surface area (Å²) in [4.78, 5) is 2.51. The largest absolute Gasteiger partial charge is 0.329 e. The zero-order valence-electron chi connectivity index (χ0n) is 11.1. The summed E-state index contributed by atoms with van der Waals surface area (Å²) < 4.78 is 0. The maximum atomic E-state index is 6.31. The SMILES string of the molecule is CCC1CCCN(C(CN)c2ccccc2Cl)C1. The molecule has 2 atom stereocenters. The summed E-state index contributed by atoms with van der Waals surface area (Å²) in [5.41, 5.74) is 7.17. The maximum Gasteiger partial charge on any atom is 0.0485 e. The third kappa shape index (κ3) is 3.05. The van der Waals surface area contributed by atoms with Gasteiger partial charge >= 0.3 is 0 Å². The molecule has 3 heteroatoms. The van der Waals surface area contributed by atoms with E-state index in [4.69, 9.17) is 17.3 Å². The molecule has 1 fully saturated rings. The molecular weight excluding hydrogens is 244 g/mol. The number of nitrogens with two attached hydrogens (primary N) is 1. The fraction of sp³-hybridized carbons (Fsp3) is 0.600. The number of rotatable bonds is 4. The van der Waals surface area contributed by atoms with Gasteiger partial charge < -0.3 is 5.73 Å². The van der Waals surface area contributed by atoms with E-state index in [0.29, 0.717) is 6.54 Å². The summed E-state index contributed by atoms with van der Waals surface area (Å²) in [5, 5.41) is 0.839. The minimum absolute atomic E-state index is 0.271. The molecule has 0 spiro atoms. The van der Waals surface area contributed by atoms with Gasteiger partial charge in [-0.1, -0.05) is 43.1 Å². The first-order chi connectivity index (χ1) is 8.76. The van der Waals surface area contributed by atoms with Gasteiger partial charge in [-0.2, -0.15) is 0 Å². The van der Waals surface area contributed by atoms with Crippen LogP contribution in [0, 0.1) is 5.92 Å². The Hall–Kier alpha value is -0.570. The summed E-state index contributed by atoms with van der Waals surface area (Å²) in [6.07, 6.45) is 3.89. The highest BCUT2D eigenvalue weighted by Gasteiger charge is 2.26. The Kier molecular flexibility index (Phi) is 5.04. The fourth-order valence-electron chi connectivity index (χ4n) is 2.93. The van der Waals surface area contributed by atoms with E-state index in [1.807, 2.05) is 18.2 Å². The highest BCUT2D eigenvalue weighted by molar-refractivity contribution is 6.31. The Bertz CT molecular complexity index is 381. The molecule has 0 aliphatic carbocycles. The molecule has 18 heavy (non-hydrogen) atoms. The zero-order valence-corrected chi connectivity index (χ0v) is 11.9. The summed E-state index contributed by atoms with van der Waals surface area (Å²) >= 11 is 6.31. The molecule has 2 nitrogen and oxygen atoms in total. The van der Waals surface area contributed by atoms with E-state index in [1.165, 1.54) is 24.8 Å². The maximum absolute atomic E-state index is 6.31. The average molecular weight is 267 g/mol. The Morgan fingerprint density at radius 2 is 2.22 bits per heavy atom. The van der Waals surface area contributed by atoms with Gasteiger partial charge in [-0.15, -0.1) is 0 Å². The molecule has 2 unspecified atom stereocenters. The number of hydrogen-bond acceptors (Lipinski definition) is 2. The van der Waals surface area contributed by atoms with Crippen molar-refractivity contribution < 1.29 is 0 Å². The Balaban J connectivity index is 2.15. The van der Waals surface area contributed by atoms with Gasteiger partial charge in [0.15, 0.2) is 0 Å². The average Bonchev–Trinajstić information content (AvgIpc) is 2.42. The van der Waals surface area contributed by atoms with Crippen LogP contribution in [0.5, 0.6) is 0 Å². The topological polar surface area (TPSA) is 29.3 Å². The predicted octanol–water partition coefficient (Wildman–Crippen LogP) is 3.46. The molecule has 100 valence electrons. The van der Waals surface area contributed by atoms with Crippen LogP contribution >= 0.6 is 11.6 Å². The molecule has 1 heterocycles. The highest BCUT2D eigenvalue weighted by Crippen LogP contribution is 2.31. The number of hydrogen-bond donors (Lipinski definition) is 1. The number of benzene rings is 1. The number of nitrogens with zero attached hydrogens (tertiary/aromatic N) is 1. The summed E-state index contributed by atoms with van der Waals surface area (Å²) in [7, 11) is 0. The monoisotopic (exact) mass is 266 g/mol. The van der Waals surface area contributed by atoms with Crippen molar-refractivity contribution in [1.29, 1.82) is 0 Å². The van der Waals surface area contributed by atoms with E-state index in [9.17, 15) is 0 Å². The molecule has 1 saturated heterocycles. The standard InChI is InChI=1S/C15H23ClN2/c1-2-12-6-5-9-18(11-12)15(10-17)13-7-3-4-8-14(13)16/h3-4,7-8,12,15H,2,5-6,9-11,17H2,1H3. The first kappa shape index (κ1) is 13.9. The Labute approximate surface area is 115 Å². The van der Waals surface area contributed by atoms with Gasteiger partial charge in [-0.25, -0.2) is 0 Å². The van der Waals surface area contributed by atoms with E-state index in [2.05, 4.69) is 17.9 Å². The fourth-order valence-corrected chi connectivity index (χ4v) is 3.19. The quantitative estimate of drug-likeness (QED) is 0.904. The molecule has 1 aromatic carbocycles. The number of halogens is 1. The van der Waals surface area contributed by atoms with Crippen molar-refractivity contribution in [2.24, 2.45) is 11.7 Å². The molecule has 0 bridgehead atoms. The van der Waals surface area contributed by atoms with Gasteiger partial charge in [0, 0.05) is 24.2 Å². The molecule has 2 rings (SSSR count). The van der Waals surface area contributed by atoms with Crippen LogP contribution in [0.4, 0.5) is 0 Å². The van der Waals surface area contributed by atoms with Crippen LogP contribution in [-0.2, 0) is 0 Å². The van der Waals surface area contributed by atoms with Crippen LogP contribution in [0.1, 0.15) is 37.8 Å². The van der Waals surface area contributed by atoms with Crippen LogP contribution in [-0.4, -0.2) is 24.5 Å². The van der Waals surface area contributed by atoms with Crippen molar-refractivity contribution in [3.8, 4) is 0 Å². The van der Waals surface area contributed by atoms with Crippen molar-refractivity contribution in [3.05, 3.63) is 34.9 Å². The summed E-state index contributed by atoms with van der Waals surface area (Å²) in [6.45, 7) is 5.22. The van der Waals surface area contributed by atoms with Crippen LogP contribution < -0.4 is 5.73 Å². The van der Waals surface area contributed by atoms with E-state index < -0.39 is 0 Å². The predicted molar refractivity (Wildman–Crippen MR) is 77.8 cm³/mol. The summed E-state index contributed by atoms with van der Waals surface area (Å²) in [6, 6.07) is 8.36. The van der Waals surface area contributed by atoms with Crippen molar-refractivity contribution in [3.63, 3.8) is 0 Å². The Morgan fingerprint density at radius 1 is 1.44 bits per heavy atom. The van der Waals surface area contributed by atoms with Crippen molar-refractivity contribution in [2.75, 3.05) is 19.6 Å². The molecule has 0 aromatic heterocycles. The van der Waals surface area contributed by atoms with Crippen LogP contribution in [0.25, 0.3) is 0 Å². The highest BCUT2D eigenvalue weighted by atomic mass is 35.5. The lowest BCUT2D eigenvalue weighted by atomic mass is 9.93. The number of piperidine rings is 1. The number of likely N-dealkylation sites (tertiary alicyclic amines) is 1. The molecule has 1 aliphatic rings. The third-order valence-corrected chi connectivity index (χ3v) is 4.40. The smallest absolute Gasteiger partial charge is 0.0485 e. The second-order valence-corrected chi connectivity index (χ2v) is 5.59. The van der Waals surface area contributed by atoms with E-state index in [-0.39, 0.29) is 6.04 Å². The summed E-state index contributed by atoms with van der Waals surface area (Å²) in [5.74, 6) is 0.815. The molecule has 0 radical (unpaired) electrons. The van der Waals surface area contributed by atoms with Gasteiger partial charge in [0.2, 0.25) is 0 Å². The van der Waals surface area contributed by atoms with Crippen molar-refractivity contribution >= 4 is 11.6 Å². The molecule has 0 saturated carbocycles. The van der Waals surface area contributed by atoms with Gasteiger partial charge in [0.1, 0.15) is 0 Å². The molecule has 1 aliphatic heterocycles. The molecule has 1 aromatic rings. The minimum atomic E-state index is 0.271. The lowest BCUT2D eigenvalue weighted by Crippen LogP contribution is -2.41. The second-order valence-electron chi connectivity index (χ2n) is 5.18. The van der Waals surface area contributed by atoms with Gasteiger partial charge in [-0.05, 0) is 36.9 Å². The first-order valence-electron chi connectivity index (χ1n) is 6.94. The van der Waals surface area contributed by atoms with Gasteiger partial charge in [-0.3, -0.25) is 4.90 Å². The first-order valence-corrected chi connectivity index (χ1v) is 7.32. The second kappa shape index (κ2) is 6.55. The molecule has 0 amide bonds.